The first-order valence-corrected chi connectivity index (χ1v) is 9.39. The lowest BCUT2D eigenvalue weighted by Crippen LogP contribution is -2.40. The van der Waals surface area contributed by atoms with Crippen LogP contribution in [0, 0.1) is 0 Å². The minimum absolute atomic E-state index is 0.122. The van der Waals surface area contributed by atoms with Crippen molar-refractivity contribution in [3.8, 4) is 5.75 Å². The van der Waals surface area contributed by atoms with E-state index in [2.05, 4.69) is 4.99 Å². The van der Waals surface area contributed by atoms with Gasteiger partial charge in [-0.1, -0.05) is 6.07 Å². The van der Waals surface area contributed by atoms with Gasteiger partial charge in [-0.15, -0.1) is 0 Å². The fourth-order valence-corrected chi connectivity index (χ4v) is 4.21. The van der Waals surface area contributed by atoms with Gasteiger partial charge in [-0.25, -0.2) is 13.4 Å². The predicted octanol–water partition coefficient (Wildman–Crippen LogP) is 1.29. The Hall–Kier alpha value is -2.16. The van der Waals surface area contributed by atoms with Gasteiger partial charge in [0.15, 0.2) is 0 Å². The molecule has 0 amide bonds. The first-order valence-electron chi connectivity index (χ1n) is 7.95. The van der Waals surface area contributed by atoms with Crippen molar-refractivity contribution < 1.29 is 17.9 Å². The van der Waals surface area contributed by atoms with Crippen LogP contribution in [0.1, 0.15) is 0 Å². The third kappa shape index (κ3) is 3.76. The third-order valence-electron chi connectivity index (χ3n) is 4.01. The summed E-state index contributed by atoms with van der Waals surface area (Å²) in [5, 5.41) is 0. The Kier molecular flexibility index (Phi) is 5.22. The molecule has 25 heavy (non-hydrogen) atoms. The number of pyridine rings is 1. The first kappa shape index (κ1) is 17.7. The second-order valence-electron chi connectivity index (χ2n) is 5.63. The van der Waals surface area contributed by atoms with Crippen LogP contribution in [0.15, 0.2) is 52.5 Å². The highest BCUT2D eigenvalue weighted by molar-refractivity contribution is 7.89. The van der Waals surface area contributed by atoms with Crippen LogP contribution in [0.3, 0.4) is 0 Å². The Morgan fingerprint density at radius 3 is 2.60 bits per heavy atom. The first-order chi connectivity index (χ1) is 12.0. The molecule has 134 valence electrons. The summed E-state index contributed by atoms with van der Waals surface area (Å²) < 4.78 is 39.8. The van der Waals surface area contributed by atoms with E-state index < -0.39 is 10.0 Å². The molecule has 1 aliphatic rings. The highest BCUT2D eigenvalue weighted by Crippen LogP contribution is 2.31. The minimum atomic E-state index is -3.67. The van der Waals surface area contributed by atoms with E-state index in [1.807, 2.05) is 36.0 Å². The van der Waals surface area contributed by atoms with E-state index >= 15 is 0 Å². The van der Waals surface area contributed by atoms with E-state index in [1.165, 1.54) is 11.4 Å². The summed E-state index contributed by atoms with van der Waals surface area (Å²) in [5.41, 5.74) is 1.27. The van der Waals surface area contributed by atoms with Gasteiger partial charge in [0.2, 0.25) is 10.0 Å². The molecular weight excluding hydrogens is 342 g/mol. The summed E-state index contributed by atoms with van der Waals surface area (Å²) in [6.07, 6.45) is 1.88. The number of ether oxygens (including phenoxy) is 2. The van der Waals surface area contributed by atoms with Crippen LogP contribution >= 0.6 is 0 Å². The second-order valence-corrected chi connectivity index (χ2v) is 7.54. The van der Waals surface area contributed by atoms with Crippen LogP contribution in [0.25, 0.3) is 0 Å². The van der Waals surface area contributed by atoms with E-state index in [0.717, 1.165) is 5.49 Å². The molecule has 0 aliphatic carbocycles. The Morgan fingerprint density at radius 2 is 1.92 bits per heavy atom. The lowest BCUT2D eigenvalue weighted by molar-refractivity contribution is 0.0729. The Balaban J connectivity index is 2.07. The van der Waals surface area contributed by atoms with Crippen LogP contribution in [0.5, 0.6) is 5.75 Å². The predicted molar refractivity (Wildman–Crippen MR) is 93.2 cm³/mol. The zero-order chi connectivity index (χ0) is 17.9. The summed E-state index contributed by atoms with van der Waals surface area (Å²) in [5.74, 6) is 0.308. The average molecular weight is 363 g/mol. The van der Waals surface area contributed by atoms with Crippen molar-refractivity contribution in [1.29, 1.82) is 0 Å². The molecule has 0 bridgehead atoms. The van der Waals surface area contributed by atoms with E-state index in [0.29, 0.717) is 37.7 Å². The van der Waals surface area contributed by atoms with Gasteiger partial charge in [0.05, 0.1) is 26.0 Å². The standard InChI is InChI=1S/C17H21N3O4S/c1-19-8-4-3-5-17(19)18-14-6-7-15(23-2)16(13-14)25(21,22)20-9-11-24-12-10-20/h3-8,13H,9-12H2,1-2H3. The molecule has 0 spiro atoms. The summed E-state index contributed by atoms with van der Waals surface area (Å²) >= 11 is 0. The smallest absolute Gasteiger partial charge is 0.246 e. The molecule has 3 rings (SSSR count). The van der Waals surface area contributed by atoms with Gasteiger partial charge in [0.1, 0.15) is 16.1 Å². The maximum Gasteiger partial charge on any atom is 0.246 e. The number of benzene rings is 1. The SMILES string of the molecule is COc1ccc(N=c2ccccn2C)cc1S(=O)(=O)N1CCOCC1. The molecule has 0 saturated carbocycles. The molecule has 2 heterocycles. The molecule has 1 aromatic heterocycles. The second kappa shape index (κ2) is 7.38. The van der Waals surface area contributed by atoms with Gasteiger partial charge in [0, 0.05) is 26.3 Å². The van der Waals surface area contributed by atoms with Gasteiger partial charge in [-0.2, -0.15) is 4.31 Å². The van der Waals surface area contributed by atoms with Crippen molar-refractivity contribution >= 4 is 15.7 Å². The highest BCUT2D eigenvalue weighted by Gasteiger charge is 2.29. The number of sulfonamides is 1. The van der Waals surface area contributed by atoms with Gasteiger partial charge in [-0.3, -0.25) is 0 Å². The quantitative estimate of drug-likeness (QED) is 0.820. The fraction of sp³-hybridized carbons (Fsp3) is 0.353. The molecule has 2 aromatic rings. The summed E-state index contributed by atoms with van der Waals surface area (Å²) in [6.45, 7) is 1.46. The minimum Gasteiger partial charge on any atom is -0.495 e. The topological polar surface area (TPSA) is 73.1 Å². The number of hydrogen-bond acceptors (Lipinski definition) is 5. The Labute approximate surface area is 147 Å². The molecule has 7 nitrogen and oxygen atoms in total. The molecule has 0 radical (unpaired) electrons. The summed E-state index contributed by atoms with van der Waals surface area (Å²) in [7, 11) is -0.325. The lowest BCUT2D eigenvalue weighted by Gasteiger charge is -2.26. The van der Waals surface area contributed by atoms with Crippen LogP contribution in [0.4, 0.5) is 5.69 Å². The monoisotopic (exact) mass is 363 g/mol. The summed E-state index contributed by atoms with van der Waals surface area (Å²) in [6, 6.07) is 10.6. The van der Waals surface area contributed by atoms with Gasteiger partial charge >= 0.3 is 0 Å². The van der Waals surface area contributed by atoms with Crippen molar-refractivity contribution in [1.82, 2.24) is 8.87 Å². The molecule has 0 unspecified atom stereocenters. The number of morpholine rings is 1. The van der Waals surface area contributed by atoms with Gasteiger partial charge in [0.25, 0.3) is 0 Å². The van der Waals surface area contributed by atoms with E-state index in [4.69, 9.17) is 9.47 Å². The number of hydrogen-bond donors (Lipinski definition) is 0. The van der Waals surface area contributed by atoms with Crippen molar-refractivity contribution in [2.75, 3.05) is 33.4 Å². The van der Waals surface area contributed by atoms with E-state index in [9.17, 15) is 8.42 Å². The third-order valence-corrected chi connectivity index (χ3v) is 5.93. The number of nitrogens with zero attached hydrogens (tertiary/aromatic N) is 3. The van der Waals surface area contributed by atoms with Gasteiger partial charge in [-0.05, 0) is 30.3 Å². The van der Waals surface area contributed by atoms with Crippen LogP contribution < -0.4 is 10.2 Å². The lowest BCUT2D eigenvalue weighted by atomic mass is 10.3. The Bertz CT molecular complexity index is 915. The maximum absolute atomic E-state index is 13.0. The molecule has 1 aliphatic heterocycles. The zero-order valence-electron chi connectivity index (χ0n) is 14.3. The number of aryl methyl sites for hydroxylation is 1. The molecule has 1 aromatic carbocycles. The number of methoxy groups -OCH3 is 1. The van der Waals surface area contributed by atoms with Crippen molar-refractivity contribution in [2.45, 2.75) is 4.90 Å². The van der Waals surface area contributed by atoms with Crippen molar-refractivity contribution in [3.63, 3.8) is 0 Å². The largest absolute Gasteiger partial charge is 0.495 e. The average Bonchev–Trinajstić information content (AvgIpc) is 2.64. The molecule has 0 N–H and O–H groups in total. The molecular formula is C17H21N3O4S. The number of aromatic nitrogens is 1. The van der Waals surface area contributed by atoms with Crippen molar-refractivity contribution in [2.24, 2.45) is 12.0 Å². The van der Waals surface area contributed by atoms with Crippen molar-refractivity contribution in [3.05, 3.63) is 48.1 Å². The van der Waals surface area contributed by atoms with Gasteiger partial charge < -0.3 is 14.0 Å². The number of rotatable bonds is 4. The molecule has 1 fully saturated rings. The maximum atomic E-state index is 13.0. The Morgan fingerprint density at radius 1 is 1.16 bits per heavy atom. The van der Waals surface area contributed by atoms with Crippen LogP contribution in [0.2, 0.25) is 0 Å². The molecule has 8 heteroatoms. The molecule has 1 saturated heterocycles. The van der Waals surface area contributed by atoms with Crippen LogP contribution in [-0.4, -0.2) is 50.7 Å². The normalized spacial score (nSPS) is 16.8. The van der Waals surface area contributed by atoms with E-state index in [1.54, 1.807) is 18.2 Å². The zero-order valence-corrected chi connectivity index (χ0v) is 15.1. The summed E-state index contributed by atoms with van der Waals surface area (Å²) in [4.78, 5) is 4.66. The van der Waals surface area contributed by atoms with E-state index in [-0.39, 0.29) is 4.90 Å². The van der Waals surface area contributed by atoms with Crippen LogP contribution in [-0.2, 0) is 21.8 Å². The highest BCUT2D eigenvalue weighted by atomic mass is 32.2. The fourth-order valence-electron chi connectivity index (χ4n) is 2.63. The molecule has 0 atom stereocenters.